The van der Waals surface area contributed by atoms with Gasteiger partial charge in [0, 0.05) is 24.9 Å². The fourth-order valence-electron chi connectivity index (χ4n) is 8.99. The van der Waals surface area contributed by atoms with Gasteiger partial charge in [-0.05, 0) is 48.9 Å². The first-order valence-electron chi connectivity index (χ1n) is 10.8. The van der Waals surface area contributed by atoms with Crippen LogP contribution in [-0.4, -0.2) is 47.0 Å². The summed E-state index contributed by atoms with van der Waals surface area (Å²) in [6.07, 6.45) is 7.44. The Morgan fingerprint density at radius 3 is 2.61 bits per heavy atom. The maximum Gasteiger partial charge on any atom is 0.232 e. The molecule has 10 unspecified atom stereocenters. The number of anilines is 2. The van der Waals surface area contributed by atoms with Crippen LogP contribution >= 0.6 is 0 Å². The average Bonchev–Trinajstić information content (AvgIpc) is 3.33. The van der Waals surface area contributed by atoms with Gasteiger partial charge in [0.1, 0.15) is 5.78 Å². The highest BCUT2D eigenvalue weighted by Crippen LogP contribution is 2.92. The van der Waals surface area contributed by atoms with Crippen LogP contribution in [0.3, 0.4) is 0 Å². The molecule has 3 heterocycles. The SMILES string of the molecule is O=C1C2C3CC4C2C2(C(=O)Nc5cnc(N6CC7CCC(C6)O7)nc5)C1C3C42. The number of ketones is 1. The number of amides is 1. The second-order valence-corrected chi connectivity index (χ2v) is 10.1. The number of hydrogen-bond acceptors (Lipinski definition) is 6. The van der Waals surface area contributed by atoms with Gasteiger partial charge in [0.25, 0.3) is 0 Å². The minimum Gasteiger partial charge on any atom is -0.371 e. The highest BCUT2D eigenvalue weighted by molar-refractivity contribution is 6.08. The largest absolute Gasteiger partial charge is 0.371 e. The van der Waals surface area contributed by atoms with E-state index in [2.05, 4.69) is 20.2 Å². The normalized spacial score (nSPS) is 52.8. The third kappa shape index (κ3) is 1.35. The molecule has 6 saturated carbocycles. The van der Waals surface area contributed by atoms with Crippen LogP contribution in [0.5, 0.6) is 0 Å². The van der Waals surface area contributed by atoms with Crippen LogP contribution in [0.15, 0.2) is 12.4 Å². The third-order valence-corrected chi connectivity index (χ3v) is 9.48. The van der Waals surface area contributed by atoms with E-state index in [0.717, 1.165) is 25.9 Å². The highest BCUT2D eigenvalue weighted by atomic mass is 16.5. The lowest BCUT2D eigenvalue weighted by atomic mass is 9.31. The van der Waals surface area contributed by atoms with E-state index in [-0.39, 0.29) is 23.2 Å². The summed E-state index contributed by atoms with van der Waals surface area (Å²) in [5.74, 6) is 3.95. The molecular formula is C21H22N4O3. The van der Waals surface area contributed by atoms with Crippen LogP contribution in [0.1, 0.15) is 19.3 Å². The van der Waals surface area contributed by atoms with Crippen molar-refractivity contribution in [3.05, 3.63) is 12.4 Å². The molecule has 8 aliphatic rings. The van der Waals surface area contributed by atoms with E-state index in [1.54, 1.807) is 12.4 Å². The van der Waals surface area contributed by atoms with E-state index < -0.39 is 0 Å². The van der Waals surface area contributed by atoms with Gasteiger partial charge in [0.05, 0.1) is 35.7 Å². The molecule has 8 fully saturated rings. The van der Waals surface area contributed by atoms with Gasteiger partial charge in [-0.15, -0.1) is 0 Å². The Morgan fingerprint density at radius 2 is 1.89 bits per heavy atom. The number of rotatable bonds is 3. The molecule has 6 aliphatic carbocycles. The molecule has 7 heteroatoms. The predicted octanol–water partition coefficient (Wildman–Crippen LogP) is 1.11. The summed E-state index contributed by atoms with van der Waals surface area (Å²) in [6, 6.07) is 0. The van der Waals surface area contributed by atoms with Gasteiger partial charge in [0.2, 0.25) is 11.9 Å². The number of morpholine rings is 1. The van der Waals surface area contributed by atoms with Crippen molar-refractivity contribution in [2.24, 2.45) is 46.8 Å². The Bertz CT molecular complexity index is 937. The Labute approximate surface area is 162 Å². The topological polar surface area (TPSA) is 84.4 Å². The van der Waals surface area contributed by atoms with E-state index in [1.165, 1.54) is 6.42 Å². The van der Waals surface area contributed by atoms with Gasteiger partial charge in [-0.1, -0.05) is 0 Å². The number of nitrogens with zero attached hydrogens (tertiary/aromatic N) is 3. The summed E-state index contributed by atoms with van der Waals surface area (Å²) < 4.78 is 5.88. The molecule has 0 spiro atoms. The van der Waals surface area contributed by atoms with Crippen molar-refractivity contribution in [2.45, 2.75) is 31.5 Å². The molecular weight excluding hydrogens is 356 g/mol. The molecule has 1 aromatic heterocycles. The molecule has 9 rings (SSSR count). The molecule has 144 valence electrons. The molecule has 28 heavy (non-hydrogen) atoms. The van der Waals surface area contributed by atoms with Crippen molar-refractivity contribution >= 4 is 23.3 Å². The molecule has 6 bridgehead atoms. The quantitative estimate of drug-likeness (QED) is 0.848. The first kappa shape index (κ1) is 14.9. The minimum atomic E-state index is -0.383. The molecule has 7 nitrogen and oxygen atoms in total. The van der Waals surface area contributed by atoms with Crippen molar-refractivity contribution in [3.8, 4) is 0 Å². The smallest absolute Gasteiger partial charge is 0.232 e. The zero-order valence-corrected chi connectivity index (χ0v) is 15.5. The van der Waals surface area contributed by atoms with Crippen molar-refractivity contribution in [1.82, 2.24) is 9.97 Å². The van der Waals surface area contributed by atoms with Gasteiger partial charge in [0.15, 0.2) is 0 Å². The van der Waals surface area contributed by atoms with E-state index in [9.17, 15) is 9.59 Å². The fourth-order valence-corrected chi connectivity index (χ4v) is 8.99. The van der Waals surface area contributed by atoms with Gasteiger partial charge in [-0.3, -0.25) is 9.59 Å². The van der Waals surface area contributed by atoms with Crippen LogP contribution in [0.25, 0.3) is 0 Å². The Hall–Kier alpha value is -2.02. The number of nitrogens with one attached hydrogen (secondary N) is 1. The first-order valence-corrected chi connectivity index (χ1v) is 10.8. The van der Waals surface area contributed by atoms with E-state index >= 15 is 0 Å². The molecule has 1 aromatic rings. The number of ether oxygens (including phenoxy) is 1. The summed E-state index contributed by atoms with van der Waals surface area (Å²) in [5.41, 5.74) is 0.261. The molecule has 0 aromatic carbocycles. The van der Waals surface area contributed by atoms with Crippen LogP contribution in [0.4, 0.5) is 11.6 Å². The molecule has 1 amide bonds. The standard InChI is InChI=1S/C21H22N4O3/c26-18-14-11-3-12-15-13(11)17(18)21(15,16(12)14)19(27)24-8-4-22-20(23-5-8)25-6-9-1-2-10(7-25)28-9/h4-5,9-17H,1-3,6-7H2,(H,24,27). The van der Waals surface area contributed by atoms with Gasteiger partial charge >= 0.3 is 0 Å². The zero-order valence-electron chi connectivity index (χ0n) is 15.5. The summed E-state index contributed by atoms with van der Waals surface area (Å²) in [5, 5.41) is 3.07. The summed E-state index contributed by atoms with van der Waals surface area (Å²) in [4.78, 5) is 37.2. The molecule has 2 saturated heterocycles. The average molecular weight is 378 g/mol. The van der Waals surface area contributed by atoms with Crippen molar-refractivity contribution in [3.63, 3.8) is 0 Å². The lowest BCUT2D eigenvalue weighted by Crippen LogP contribution is -2.74. The van der Waals surface area contributed by atoms with Crippen LogP contribution in [0.2, 0.25) is 0 Å². The van der Waals surface area contributed by atoms with Crippen molar-refractivity contribution in [1.29, 1.82) is 0 Å². The van der Waals surface area contributed by atoms with E-state index in [1.807, 2.05) is 0 Å². The maximum absolute atomic E-state index is 13.2. The summed E-state index contributed by atoms with van der Waals surface area (Å²) >= 11 is 0. The highest BCUT2D eigenvalue weighted by Gasteiger charge is 2.96. The Morgan fingerprint density at radius 1 is 1.14 bits per heavy atom. The van der Waals surface area contributed by atoms with Crippen molar-refractivity contribution in [2.75, 3.05) is 23.3 Å². The van der Waals surface area contributed by atoms with Crippen LogP contribution < -0.4 is 10.2 Å². The van der Waals surface area contributed by atoms with Gasteiger partial charge in [-0.25, -0.2) is 9.97 Å². The third-order valence-electron chi connectivity index (χ3n) is 9.48. The molecule has 1 N–H and O–H groups in total. The van der Waals surface area contributed by atoms with Gasteiger partial charge < -0.3 is 15.0 Å². The Kier molecular flexibility index (Phi) is 2.36. The molecule has 10 atom stereocenters. The lowest BCUT2D eigenvalue weighted by Gasteiger charge is -2.70. The second kappa shape index (κ2) is 4.42. The number of carbonyl (C=O) groups is 2. The van der Waals surface area contributed by atoms with Gasteiger partial charge in [-0.2, -0.15) is 0 Å². The summed E-state index contributed by atoms with van der Waals surface area (Å²) in [6.45, 7) is 1.67. The fraction of sp³-hybridized carbons (Fsp3) is 0.714. The number of Topliss-reactive ketones (excluding diaryl/α,β-unsaturated/α-hetero) is 1. The number of carbonyl (C=O) groups excluding carboxylic acids is 2. The number of fused-ring (bicyclic) bond motifs is 2. The first-order chi connectivity index (χ1) is 13.7. The summed E-state index contributed by atoms with van der Waals surface area (Å²) in [7, 11) is 0. The van der Waals surface area contributed by atoms with E-state index in [4.69, 9.17) is 4.74 Å². The van der Waals surface area contributed by atoms with E-state index in [0.29, 0.717) is 59.2 Å². The van der Waals surface area contributed by atoms with Crippen molar-refractivity contribution < 1.29 is 14.3 Å². The minimum absolute atomic E-state index is 0.0141. The lowest BCUT2D eigenvalue weighted by molar-refractivity contribution is -0.245. The number of hydrogen-bond donors (Lipinski definition) is 1. The van der Waals surface area contributed by atoms with Crippen LogP contribution in [0, 0.1) is 46.8 Å². The Balaban J connectivity index is 1.03. The number of aromatic nitrogens is 2. The molecule has 0 radical (unpaired) electrons. The monoisotopic (exact) mass is 378 g/mol. The van der Waals surface area contributed by atoms with Crippen LogP contribution in [-0.2, 0) is 14.3 Å². The second-order valence-electron chi connectivity index (χ2n) is 10.1. The maximum atomic E-state index is 13.2. The molecule has 2 aliphatic heterocycles. The zero-order chi connectivity index (χ0) is 18.4. The predicted molar refractivity (Wildman–Crippen MR) is 97.3 cm³/mol.